The third-order valence-corrected chi connectivity index (χ3v) is 4.89. The quantitative estimate of drug-likeness (QED) is 0.897. The van der Waals surface area contributed by atoms with Crippen molar-refractivity contribution in [3.8, 4) is 0 Å². The van der Waals surface area contributed by atoms with Gasteiger partial charge in [0, 0.05) is 49.4 Å². The van der Waals surface area contributed by atoms with Crippen LogP contribution in [0.5, 0.6) is 0 Å². The maximum atomic E-state index is 12.6. The molecular formula is C20H24N4O2. The van der Waals surface area contributed by atoms with Crippen LogP contribution in [0, 0.1) is 5.92 Å². The third-order valence-electron chi connectivity index (χ3n) is 4.89. The van der Waals surface area contributed by atoms with Crippen LogP contribution in [0.25, 0.3) is 0 Å². The number of carbonyl (C=O) groups excluding carboxylic acids is 2. The van der Waals surface area contributed by atoms with Crippen LogP contribution in [-0.2, 0) is 4.79 Å². The predicted molar refractivity (Wildman–Crippen MR) is 98.3 cm³/mol. The van der Waals surface area contributed by atoms with E-state index in [0.29, 0.717) is 31.5 Å². The molecule has 0 unspecified atom stereocenters. The standard InChI is InChI=1S/C20H24N4O2/c1-2-18(17-4-3-9-22-14-17)23-19(25)15-7-12-24(13-8-15)20(26)16-5-10-21-11-6-16/h3-6,9-11,14-15,18H,2,7-8,12-13H2,1H3,(H,23,25)/t18-/m1/s1. The number of nitrogens with one attached hydrogen (secondary N) is 1. The lowest BCUT2D eigenvalue weighted by molar-refractivity contribution is -0.127. The van der Waals surface area contributed by atoms with Gasteiger partial charge in [-0.2, -0.15) is 0 Å². The molecule has 1 aliphatic heterocycles. The van der Waals surface area contributed by atoms with E-state index in [2.05, 4.69) is 15.3 Å². The maximum absolute atomic E-state index is 12.6. The van der Waals surface area contributed by atoms with Crippen molar-refractivity contribution < 1.29 is 9.59 Å². The lowest BCUT2D eigenvalue weighted by atomic mass is 9.94. The van der Waals surface area contributed by atoms with Gasteiger partial charge in [-0.05, 0) is 43.0 Å². The highest BCUT2D eigenvalue weighted by Gasteiger charge is 2.28. The van der Waals surface area contributed by atoms with Gasteiger partial charge in [-0.25, -0.2) is 0 Å². The van der Waals surface area contributed by atoms with Gasteiger partial charge in [0.25, 0.3) is 5.91 Å². The van der Waals surface area contributed by atoms with Crippen molar-refractivity contribution >= 4 is 11.8 Å². The summed E-state index contributed by atoms with van der Waals surface area (Å²) in [4.78, 5) is 35.0. The second kappa shape index (κ2) is 8.56. The fourth-order valence-electron chi connectivity index (χ4n) is 3.31. The molecule has 1 atom stereocenters. The number of nitrogens with zero attached hydrogens (tertiary/aromatic N) is 3. The molecule has 2 aromatic rings. The molecule has 0 aromatic carbocycles. The smallest absolute Gasteiger partial charge is 0.253 e. The number of carbonyl (C=O) groups is 2. The molecule has 3 rings (SSSR count). The summed E-state index contributed by atoms with van der Waals surface area (Å²) >= 11 is 0. The van der Waals surface area contributed by atoms with E-state index in [-0.39, 0.29) is 23.8 Å². The minimum absolute atomic E-state index is 0.00746. The first-order valence-corrected chi connectivity index (χ1v) is 9.08. The number of pyridine rings is 2. The summed E-state index contributed by atoms with van der Waals surface area (Å²) in [6.07, 6.45) is 8.96. The number of piperidine rings is 1. The van der Waals surface area contributed by atoms with Gasteiger partial charge in [-0.3, -0.25) is 19.6 Å². The first kappa shape index (κ1) is 18.0. The molecule has 3 heterocycles. The summed E-state index contributed by atoms with van der Waals surface area (Å²) < 4.78 is 0. The molecule has 1 aliphatic rings. The average molecular weight is 352 g/mol. The monoisotopic (exact) mass is 352 g/mol. The number of rotatable bonds is 5. The lowest BCUT2D eigenvalue weighted by Crippen LogP contribution is -2.43. The fraction of sp³-hybridized carbons (Fsp3) is 0.400. The van der Waals surface area contributed by atoms with E-state index in [1.807, 2.05) is 24.0 Å². The Bertz CT molecular complexity index is 728. The van der Waals surface area contributed by atoms with Gasteiger partial charge in [0.15, 0.2) is 0 Å². The van der Waals surface area contributed by atoms with Crippen molar-refractivity contribution in [1.29, 1.82) is 0 Å². The van der Waals surface area contributed by atoms with E-state index in [9.17, 15) is 9.59 Å². The summed E-state index contributed by atoms with van der Waals surface area (Å²) in [6.45, 7) is 3.25. The maximum Gasteiger partial charge on any atom is 0.253 e. The zero-order valence-corrected chi connectivity index (χ0v) is 15.0. The molecule has 0 saturated carbocycles. The van der Waals surface area contributed by atoms with Crippen molar-refractivity contribution in [2.24, 2.45) is 5.92 Å². The summed E-state index contributed by atoms with van der Waals surface area (Å²) in [7, 11) is 0. The normalized spacial score (nSPS) is 16.1. The first-order chi connectivity index (χ1) is 12.7. The molecule has 6 nitrogen and oxygen atoms in total. The molecule has 1 N–H and O–H groups in total. The van der Waals surface area contributed by atoms with Gasteiger partial charge < -0.3 is 10.2 Å². The summed E-state index contributed by atoms with van der Waals surface area (Å²) in [5.74, 6) is 0.0203. The molecule has 0 bridgehead atoms. The van der Waals surface area contributed by atoms with Crippen LogP contribution in [0.15, 0.2) is 49.1 Å². The van der Waals surface area contributed by atoms with E-state index < -0.39 is 0 Å². The zero-order chi connectivity index (χ0) is 18.4. The van der Waals surface area contributed by atoms with Gasteiger partial charge in [0.05, 0.1) is 6.04 Å². The van der Waals surface area contributed by atoms with Crippen LogP contribution in [0.2, 0.25) is 0 Å². The van der Waals surface area contributed by atoms with E-state index in [1.54, 1.807) is 36.9 Å². The Hall–Kier alpha value is -2.76. The van der Waals surface area contributed by atoms with Gasteiger partial charge in [-0.15, -0.1) is 0 Å². The molecule has 26 heavy (non-hydrogen) atoms. The van der Waals surface area contributed by atoms with Crippen molar-refractivity contribution in [1.82, 2.24) is 20.2 Å². The van der Waals surface area contributed by atoms with Crippen LogP contribution < -0.4 is 5.32 Å². The number of aromatic nitrogens is 2. The zero-order valence-electron chi connectivity index (χ0n) is 15.0. The number of hydrogen-bond donors (Lipinski definition) is 1. The summed E-state index contributed by atoms with van der Waals surface area (Å²) in [6, 6.07) is 7.29. The molecule has 0 radical (unpaired) electrons. The Labute approximate surface area is 153 Å². The second-order valence-electron chi connectivity index (χ2n) is 6.56. The van der Waals surface area contributed by atoms with Crippen LogP contribution in [0.4, 0.5) is 0 Å². The summed E-state index contributed by atoms with van der Waals surface area (Å²) in [5, 5.41) is 3.14. The van der Waals surface area contributed by atoms with E-state index in [4.69, 9.17) is 0 Å². The van der Waals surface area contributed by atoms with Crippen molar-refractivity contribution in [3.05, 3.63) is 60.2 Å². The Morgan fingerprint density at radius 1 is 1.15 bits per heavy atom. The SMILES string of the molecule is CC[C@@H](NC(=O)C1CCN(C(=O)c2ccncc2)CC1)c1cccnc1. The Kier molecular flexibility index (Phi) is 5.94. The molecule has 136 valence electrons. The van der Waals surface area contributed by atoms with E-state index in [1.165, 1.54) is 0 Å². The third kappa shape index (κ3) is 4.25. The highest BCUT2D eigenvalue weighted by molar-refractivity contribution is 5.94. The summed E-state index contributed by atoms with van der Waals surface area (Å²) in [5.41, 5.74) is 1.67. The van der Waals surface area contributed by atoms with E-state index >= 15 is 0 Å². The predicted octanol–water partition coefficient (Wildman–Crippen LogP) is 2.60. The molecule has 2 amide bonds. The molecule has 1 saturated heterocycles. The van der Waals surface area contributed by atoms with Gasteiger partial charge in [-0.1, -0.05) is 13.0 Å². The highest BCUT2D eigenvalue weighted by Crippen LogP contribution is 2.22. The molecular weight excluding hydrogens is 328 g/mol. The first-order valence-electron chi connectivity index (χ1n) is 9.08. The highest BCUT2D eigenvalue weighted by atomic mass is 16.2. The van der Waals surface area contributed by atoms with Gasteiger partial charge >= 0.3 is 0 Å². The Morgan fingerprint density at radius 3 is 2.50 bits per heavy atom. The number of amides is 2. The van der Waals surface area contributed by atoms with Crippen LogP contribution in [-0.4, -0.2) is 39.8 Å². The van der Waals surface area contributed by atoms with Crippen molar-refractivity contribution in [2.45, 2.75) is 32.2 Å². The van der Waals surface area contributed by atoms with Crippen LogP contribution >= 0.6 is 0 Å². The number of likely N-dealkylation sites (tertiary alicyclic amines) is 1. The Morgan fingerprint density at radius 2 is 1.88 bits per heavy atom. The fourth-order valence-corrected chi connectivity index (χ4v) is 3.31. The number of hydrogen-bond acceptors (Lipinski definition) is 4. The van der Waals surface area contributed by atoms with Crippen molar-refractivity contribution in [3.63, 3.8) is 0 Å². The lowest BCUT2D eigenvalue weighted by Gasteiger charge is -2.32. The van der Waals surface area contributed by atoms with Crippen LogP contribution in [0.3, 0.4) is 0 Å². The van der Waals surface area contributed by atoms with Crippen LogP contribution in [0.1, 0.15) is 48.1 Å². The Balaban J connectivity index is 1.54. The average Bonchev–Trinajstić information content (AvgIpc) is 2.72. The minimum atomic E-state index is -0.0535. The molecule has 0 aliphatic carbocycles. The van der Waals surface area contributed by atoms with Gasteiger partial charge in [0.2, 0.25) is 5.91 Å². The van der Waals surface area contributed by atoms with Crippen molar-refractivity contribution in [2.75, 3.05) is 13.1 Å². The molecule has 2 aromatic heterocycles. The topological polar surface area (TPSA) is 75.2 Å². The minimum Gasteiger partial charge on any atom is -0.349 e. The molecule has 0 spiro atoms. The van der Waals surface area contributed by atoms with Gasteiger partial charge in [0.1, 0.15) is 0 Å². The van der Waals surface area contributed by atoms with E-state index in [0.717, 1.165) is 12.0 Å². The molecule has 6 heteroatoms. The second-order valence-corrected chi connectivity index (χ2v) is 6.56. The largest absolute Gasteiger partial charge is 0.349 e. The molecule has 1 fully saturated rings.